The van der Waals surface area contributed by atoms with Crippen LogP contribution in [-0.4, -0.2) is 17.7 Å². The molecule has 0 fully saturated rings. The van der Waals surface area contributed by atoms with Crippen molar-refractivity contribution in [3.63, 3.8) is 0 Å². The lowest BCUT2D eigenvalue weighted by Gasteiger charge is -2.16. The summed E-state index contributed by atoms with van der Waals surface area (Å²) in [7, 11) is 0. The van der Waals surface area contributed by atoms with Crippen molar-refractivity contribution in [1.82, 2.24) is 0 Å². The molecule has 166 valence electrons. The zero-order chi connectivity index (χ0) is 23.7. The number of aryl methyl sites for hydroxylation is 3. The van der Waals surface area contributed by atoms with Crippen molar-refractivity contribution in [3.8, 4) is 0 Å². The zero-order valence-corrected chi connectivity index (χ0v) is 19.0. The normalized spacial score (nSPS) is 13.5. The van der Waals surface area contributed by atoms with Crippen LogP contribution in [0.1, 0.15) is 29.2 Å². The number of hydrogen-bond donors (Lipinski definition) is 2. The van der Waals surface area contributed by atoms with E-state index in [1.54, 1.807) is 30.3 Å². The monoisotopic (exact) mass is 439 g/mol. The number of anilines is 3. The first kappa shape index (κ1) is 22.0. The first-order valence-corrected chi connectivity index (χ1v) is 10.7. The van der Waals surface area contributed by atoms with E-state index in [2.05, 4.69) is 10.6 Å². The third kappa shape index (κ3) is 4.41. The molecule has 33 heavy (non-hydrogen) atoms. The summed E-state index contributed by atoms with van der Waals surface area (Å²) in [6.45, 7) is 7.34. The Hall–Kier alpha value is -4.19. The number of carbonyl (C=O) groups is 3. The summed E-state index contributed by atoms with van der Waals surface area (Å²) in [5, 5.41) is 5.87. The number of benzene rings is 3. The van der Waals surface area contributed by atoms with Crippen LogP contribution in [0.3, 0.4) is 0 Å². The van der Waals surface area contributed by atoms with Gasteiger partial charge in [-0.2, -0.15) is 0 Å². The minimum atomic E-state index is -0.412. The van der Waals surface area contributed by atoms with Crippen molar-refractivity contribution < 1.29 is 14.4 Å². The molecule has 0 bridgehead atoms. The van der Waals surface area contributed by atoms with Gasteiger partial charge in [-0.15, -0.1) is 0 Å². The number of imide groups is 1. The second-order valence-corrected chi connectivity index (χ2v) is 8.22. The second-order valence-electron chi connectivity index (χ2n) is 8.22. The number of nitrogens with zero attached hydrogens (tertiary/aromatic N) is 1. The smallest absolute Gasteiger partial charge is 0.282 e. The molecule has 2 N–H and O–H groups in total. The molecule has 1 aliphatic heterocycles. The lowest BCUT2D eigenvalue weighted by atomic mass is 9.99. The molecular weight excluding hydrogens is 414 g/mol. The quantitative estimate of drug-likeness (QED) is 0.551. The summed E-state index contributed by atoms with van der Waals surface area (Å²) in [4.78, 5) is 39.6. The third-order valence-electron chi connectivity index (χ3n) is 5.61. The van der Waals surface area contributed by atoms with Crippen molar-refractivity contribution in [1.29, 1.82) is 0 Å². The van der Waals surface area contributed by atoms with E-state index >= 15 is 0 Å². The van der Waals surface area contributed by atoms with Crippen LogP contribution >= 0.6 is 0 Å². The molecule has 0 saturated carbocycles. The molecule has 0 aromatic heterocycles. The van der Waals surface area contributed by atoms with Crippen LogP contribution in [-0.2, 0) is 14.4 Å². The van der Waals surface area contributed by atoms with Crippen LogP contribution < -0.4 is 15.5 Å². The molecule has 6 heteroatoms. The highest BCUT2D eigenvalue weighted by Crippen LogP contribution is 2.34. The Morgan fingerprint density at radius 2 is 1.48 bits per heavy atom. The predicted octanol–water partition coefficient (Wildman–Crippen LogP) is 4.97. The molecule has 0 radical (unpaired) electrons. The Bertz CT molecular complexity index is 1310. The van der Waals surface area contributed by atoms with Crippen molar-refractivity contribution >= 4 is 40.4 Å². The fraction of sp³-hybridized carbons (Fsp3) is 0.148. The van der Waals surface area contributed by atoms with E-state index in [0.29, 0.717) is 28.2 Å². The first-order chi connectivity index (χ1) is 15.7. The van der Waals surface area contributed by atoms with Gasteiger partial charge in [0.2, 0.25) is 5.91 Å². The third-order valence-corrected chi connectivity index (χ3v) is 5.61. The van der Waals surface area contributed by atoms with Gasteiger partial charge in [0.25, 0.3) is 11.8 Å². The molecule has 4 rings (SSSR count). The number of rotatable bonds is 5. The maximum atomic E-state index is 13.6. The summed E-state index contributed by atoms with van der Waals surface area (Å²) in [5.74, 6) is -0.947. The number of nitrogens with one attached hydrogen (secondary N) is 2. The minimum absolute atomic E-state index is 0.166. The van der Waals surface area contributed by atoms with E-state index in [9.17, 15) is 14.4 Å². The molecule has 1 aliphatic rings. The summed E-state index contributed by atoms with van der Waals surface area (Å²) in [5.41, 5.74) is 6.14. The van der Waals surface area contributed by atoms with Gasteiger partial charge in [-0.05, 0) is 79.4 Å². The fourth-order valence-corrected chi connectivity index (χ4v) is 3.80. The topological polar surface area (TPSA) is 78.5 Å². The lowest BCUT2D eigenvalue weighted by Crippen LogP contribution is -2.32. The van der Waals surface area contributed by atoms with E-state index in [4.69, 9.17) is 0 Å². The van der Waals surface area contributed by atoms with Crippen molar-refractivity contribution in [2.75, 3.05) is 15.5 Å². The standard InChI is InChI=1S/C27H25N3O3/c1-16-6-5-7-23(14-16)30-26(32)24(20-9-8-17(2)18(3)15-20)25(27(30)33)29-22-12-10-21(11-13-22)28-19(4)31/h5-15,29H,1-4H3,(H,28,31). The average molecular weight is 440 g/mol. The maximum Gasteiger partial charge on any atom is 0.282 e. The van der Waals surface area contributed by atoms with E-state index < -0.39 is 5.91 Å². The van der Waals surface area contributed by atoms with Crippen LogP contribution in [0.2, 0.25) is 0 Å². The van der Waals surface area contributed by atoms with Gasteiger partial charge in [0, 0.05) is 18.3 Å². The van der Waals surface area contributed by atoms with Crippen molar-refractivity contribution in [2.45, 2.75) is 27.7 Å². The van der Waals surface area contributed by atoms with Gasteiger partial charge < -0.3 is 10.6 Å². The molecular formula is C27H25N3O3. The van der Waals surface area contributed by atoms with Crippen LogP contribution in [0.25, 0.3) is 5.57 Å². The van der Waals surface area contributed by atoms with Crippen LogP contribution in [0.15, 0.2) is 72.4 Å². The Morgan fingerprint density at radius 3 is 2.12 bits per heavy atom. The number of carbonyl (C=O) groups excluding carboxylic acids is 3. The summed E-state index contributed by atoms with van der Waals surface area (Å²) in [6.07, 6.45) is 0. The molecule has 1 heterocycles. The molecule has 0 unspecified atom stereocenters. The molecule has 3 amide bonds. The minimum Gasteiger partial charge on any atom is -0.350 e. The molecule has 3 aromatic carbocycles. The zero-order valence-electron chi connectivity index (χ0n) is 19.0. The molecule has 0 aliphatic carbocycles. The van der Waals surface area contributed by atoms with E-state index in [1.165, 1.54) is 11.8 Å². The molecule has 0 saturated heterocycles. The number of hydrogen-bond acceptors (Lipinski definition) is 4. The van der Waals surface area contributed by atoms with Gasteiger partial charge in [0.1, 0.15) is 5.70 Å². The summed E-state index contributed by atoms with van der Waals surface area (Å²) < 4.78 is 0. The predicted molar refractivity (Wildman–Crippen MR) is 131 cm³/mol. The summed E-state index contributed by atoms with van der Waals surface area (Å²) in [6, 6.07) is 20.0. The molecule has 6 nitrogen and oxygen atoms in total. The highest BCUT2D eigenvalue weighted by molar-refractivity contribution is 6.46. The molecule has 3 aromatic rings. The fourth-order valence-electron chi connectivity index (χ4n) is 3.80. The Labute approximate surface area is 192 Å². The van der Waals surface area contributed by atoms with Crippen molar-refractivity contribution in [3.05, 3.63) is 94.7 Å². The highest BCUT2D eigenvalue weighted by Gasteiger charge is 2.40. The SMILES string of the molecule is CC(=O)Nc1ccc(NC2=C(c3ccc(C)c(C)c3)C(=O)N(c3cccc(C)c3)C2=O)cc1. The van der Waals surface area contributed by atoms with Gasteiger partial charge in [0.05, 0.1) is 11.3 Å². The Kier molecular flexibility index (Phi) is 5.84. The summed E-state index contributed by atoms with van der Waals surface area (Å²) >= 11 is 0. The van der Waals surface area contributed by atoms with Gasteiger partial charge in [-0.25, -0.2) is 4.90 Å². The average Bonchev–Trinajstić information content (AvgIpc) is 3.00. The van der Waals surface area contributed by atoms with Gasteiger partial charge >= 0.3 is 0 Å². The van der Waals surface area contributed by atoms with Crippen LogP contribution in [0.5, 0.6) is 0 Å². The number of amides is 3. The van der Waals surface area contributed by atoms with E-state index in [0.717, 1.165) is 16.7 Å². The highest BCUT2D eigenvalue weighted by atomic mass is 16.2. The Morgan fingerprint density at radius 1 is 0.788 bits per heavy atom. The molecule has 0 atom stereocenters. The van der Waals surface area contributed by atoms with Gasteiger partial charge in [0.15, 0.2) is 0 Å². The maximum absolute atomic E-state index is 13.6. The first-order valence-electron chi connectivity index (χ1n) is 10.7. The van der Waals surface area contributed by atoms with Gasteiger partial charge in [-0.3, -0.25) is 14.4 Å². The van der Waals surface area contributed by atoms with E-state index in [-0.39, 0.29) is 17.5 Å². The van der Waals surface area contributed by atoms with E-state index in [1.807, 2.05) is 57.2 Å². The largest absolute Gasteiger partial charge is 0.350 e. The second kappa shape index (κ2) is 8.74. The van der Waals surface area contributed by atoms with Crippen molar-refractivity contribution in [2.24, 2.45) is 0 Å². The molecule has 0 spiro atoms. The van der Waals surface area contributed by atoms with Crippen LogP contribution in [0, 0.1) is 20.8 Å². The lowest BCUT2D eigenvalue weighted by molar-refractivity contribution is -0.120. The van der Waals surface area contributed by atoms with Crippen LogP contribution in [0.4, 0.5) is 17.1 Å². The Balaban J connectivity index is 1.78. The van der Waals surface area contributed by atoms with Gasteiger partial charge in [-0.1, -0.05) is 30.3 Å².